The van der Waals surface area contributed by atoms with Crippen LogP contribution in [0.1, 0.15) is 24.0 Å². The molecule has 2 aromatic rings. The standard InChI is InChI=1S/C20H21BrN2O5/c21-18-16(7-4-10-22-18)20(28-14-17(24)25)8-11-23(12-9-20)19(26)27-13-15-5-2-1-3-6-15/h1-7,10H,8-9,11-14H2,(H,24,25). The number of pyridine rings is 1. The van der Waals surface area contributed by atoms with Crippen LogP contribution < -0.4 is 0 Å². The van der Waals surface area contributed by atoms with E-state index in [1.54, 1.807) is 17.2 Å². The number of nitrogens with zero attached hydrogens (tertiary/aromatic N) is 2. The number of aromatic nitrogens is 1. The van der Waals surface area contributed by atoms with Gasteiger partial charge >= 0.3 is 12.1 Å². The van der Waals surface area contributed by atoms with Crippen LogP contribution in [0.15, 0.2) is 53.3 Å². The van der Waals surface area contributed by atoms with Gasteiger partial charge in [0.2, 0.25) is 0 Å². The second-order valence-electron chi connectivity index (χ2n) is 6.55. The Morgan fingerprint density at radius 2 is 1.86 bits per heavy atom. The van der Waals surface area contributed by atoms with E-state index in [9.17, 15) is 9.59 Å². The number of carboxylic acid groups (broad SMARTS) is 1. The van der Waals surface area contributed by atoms with Crippen molar-refractivity contribution in [1.82, 2.24) is 9.88 Å². The minimum absolute atomic E-state index is 0.213. The second kappa shape index (κ2) is 9.16. The number of benzene rings is 1. The molecule has 3 rings (SSSR count). The summed E-state index contributed by atoms with van der Waals surface area (Å²) in [7, 11) is 0. The average molecular weight is 449 g/mol. The molecule has 1 aromatic carbocycles. The molecular formula is C20H21BrN2O5. The van der Waals surface area contributed by atoms with Crippen LogP contribution in [0.25, 0.3) is 0 Å². The minimum Gasteiger partial charge on any atom is -0.480 e. The van der Waals surface area contributed by atoms with Crippen molar-refractivity contribution in [2.75, 3.05) is 19.7 Å². The number of hydrogen-bond donors (Lipinski definition) is 1. The topological polar surface area (TPSA) is 89.0 Å². The molecule has 1 amide bonds. The van der Waals surface area contributed by atoms with E-state index in [1.165, 1.54) is 0 Å². The van der Waals surface area contributed by atoms with Gasteiger partial charge in [0.05, 0.1) is 5.60 Å². The smallest absolute Gasteiger partial charge is 0.410 e. The Balaban J connectivity index is 1.66. The first-order chi connectivity index (χ1) is 13.5. The first-order valence-electron chi connectivity index (χ1n) is 8.92. The zero-order chi connectivity index (χ0) is 20.0. The van der Waals surface area contributed by atoms with E-state index in [2.05, 4.69) is 20.9 Å². The monoisotopic (exact) mass is 448 g/mol. The third kappa shape index (κ3) is 4.88. The van der Waals surface area contributed by atoms with Gasteiger partial charge < -0.3 is 19.5 Å². The number of carbonyl (C=O) groups is 2. The first kappa shape index (κ1) is 20.3. The summed E-state index contributed by atoms with van der Waals surface area (Å²) in [5.74, 6) is -1.04. The van der Waals surface area contributed by atoms with Gasteiger partial charge in [-0.05, 0) is 40.4 Å². The van der Waals surface area contributed by atoms with E-state index in [4.69, 9.17) is 14.6 Å². The molecule has 0 saturated carbocycles. The Morgan fingerprint density at radius 3 is 2.50 bits per heavy atom. The van der Waals surface area contributed by atoms with Crippen LogP contribution in [0, 0.1) is 0 Å². The highest BCUT2D eigenvalue weighted by molar-refractivity contribution is 9.10. The van der Waals surface area contributed by atoms with Gasteiger partial charge in [0.15, 0.2) is 0 Å². The van der Waals surface area contributed by atoms with Crippen LogP contribution in [0.5, 0.6) is 0 Å². The average Bonchev–Trinajstić information content (AvgIpc) is 2.72. The number of carbonyl (C=O) groups excluding carboxylic acids is 1. The lowest BCUT2D eigenvalue weighted by Gasteiger charge is -2.41. The van der Waals surface area contributed by atoms with Gasteiger partial charge in [0, 0.05) is 24.8 Å². The molecule has 1 saturated heterocycles. The Kier molecular flexibility index (Phi) is 6.64. The molecule has 2 heterocycles. The van der Waals surface area contributed by atoms with Crippen molar-refractivity contribution >= 4 is 28.0 Å². The zero-order valence-electron chi connectivity index (χ0n) is 15.2. The molecule has 7 nitrogen and oxygen atoms in total. The summed E-state index contributed by atoms with van der Waals surface area (Å²) in [5.41, 5.74) is 0.890. The molecule has 0 unspecified atom stereocenters. The molecule has 148 valence electrons. The molecule has 0 atom stereocenters. The highest BCUT2D eigenvalue weighted by atomic mass is 79.9. The maximum atomic E-state index is 12.4. The fraction of sp³-hybridized carbons (Fsp3) is 0.350. The summed E-state index contributed by atoms with van der Waals surface area (Å²) in [6.45, 7) is 0.591. The minimum atomic E-state index is -1.04. The summed E-state index contributed by atoms with van der Waals surface area (Å²) >= 11 is 3.43. The molecule has 28 heavy (non-hydrogen) atoms. The van der Waals surface area contributed by atoms with E-state index in [-0.39, 0.29) is 12.7 Å². The van der Waals surface area contributed by atoms with Gasteiger partial charge in [0.1, 0.15) is 17.8 Å². The van der Waals surface area contributed by atoms with E-state index < -0.39 is 18.2 Å². The molecule has 1 aromatic heterocycles. The second-order valence-corrected chi connectivity index (χ2v) is 7.30. The number of rotatable bonds is 6. The first-order valence-corrected chi connectivity index (χ1v) is 9.72. The van der Waals surface area contributed by atoms with Crippen LogP contribution >= 0.6 is 15.9 Å². The lowest BCUT2D eigenvalue weighted by Crippen LogP contribution is -2.47. The third-order valence-electron chi connectivity index (χ3n) is 4.76. The maximum Gasteiger partial charge on any atom is 0.410 e. The Hall–Kier alpha value is -2.45. The van der Waals surface area contributed by atoms with Crippen LogP contribution in [0.3, 0.4) is 0 Å². The number of piperidine rings is 1. The molecule has 0 spiro atoms. The van der Waals surface area contributed by atoms with Gasteiger partial charge in [-0.3, -0.25) is 0 Å². The highest BCUT2D eigenvalue weighted by Crippen LogP contribution is 2.39. The van der Waals surface area contributed by atoms with Gasteiger partial charge in [-0.15, -0.1) is 0 Å². The number of likely N-dealkylation sites (tertiary alicyclic amines) is 1. The largest absolute Gasteiger partial charge is 0.480 e. The van der Waals surface area contributed by atoms with Crippen molar-refractivity contribution in [2.45, 2.75) is 25.0 Å². The summed E-state index contributed by atoms with van der Waals surface area (Å²) in [5, 5.41) is 9.06. The van der Waals surface area contributed by atoms with Crippen LogP contribution in [-0.4, -0.2) is 46.7 Å². The van der Waals surface area contributed by atoms with E-state index in [0.29, 0.717) is 30.5 Å². The normalized spacial score (nSPS) is 15.8. The Labute approximate surface area is 171 Å². The van der Waals surface area contributed by atoms with Gasteiger partial charge in [-0.2, -0.15) is 0 Å². The molecule has 8 heteroatoms. The number of ether oxygens (including phenoxy) is 2. The Bertz CT molecular complexity index is 822. The van der Waals surface area contributed by atoms with Crippen molar-refractivity contribution < 1.29 is 24.2 Å². The SMILES string of the molecule is O=C(O)COC1(c2cccnc2Br)CCN(C(=O)OCc2ccccc2)CC1. The van der Waals surface area contributed by atoms with Crippen LogP contribution in [0.2, 0.25) is 0 Å². The van der Waals surface area contributed by atoms with Crippen molar-refractivity contribution in [1.29, 1.82) is 0 Å². The van der Waals surface area contributed by atoms with Crippen molar-refractivity contribution in [2.24, 2.45) is 0 Å². The number of hydrogen-bond acceptors (Lipinski definition) is 5. The van der Waals surface area contributed by atoms with E-state index in [0.717, 1.165) is 11.1 Å². The number of halogens is 1. The molecule has 1 N–H and O–H groups in total. The maximum absolute atomic E-state index is 12.4. The number of carboxylic acids is 1. The van der Waals surface area contributed by atoms with E-state index >= 15 is 0 Å². The molecule has 1 fully saturated rings. The third-order valence-corrected chi connectivity index (χ3v) is 5.39. The number of aliphatic carboxylic acids is 1. The molecule has 1 aliphatic heterocycles. The molecule has 0 radical (unpaired) electrons. The summed E-state index contributed by atoms with van der Waals surface area (Å²) in [6.07, 6.45) is 2.16. The quantitative estimate of drug-likeness (QED) is 0.679. The Morgan fingerprint density at radius 1 is 1.14 bits per heavy atom. The fourth-order valence-corrected chi connectivity index (χ4v) is 3.89. The van der Waals surface area contributed by atoms with Gasteiger partial charge in [0.25, 0.3) is 0 Å². The summed E-state index contributed by atoms with van der Waals surface area (Å²) < 4.78 is 11.8. The lowest BCUT2D eigenvalue weighted by atomic mass is 9.85. The molecular weight excluding hydrogens is 428 g/mol. The van der Waals surface area contributed by atoms with Crippen molar-refractivity contribution in [3.05, 3.63) is 64.4 Å². The predicted octanol–water partition coefficient (Wildman–Crippen LogP) is 3.57. The fourth-order valence-electron chi connectivity index (χ4n) is 3.28. The molecule has 1 aliphatic rings. The molecule has 0 aliphatic carbocycles. The predicted molar refractivity (Wildman–Crippen MR) is 105 cm³/mol. The summed E-state index contributed by atoms with van der Waals surface area (Å²) in [6, 6.07) is 13.1. The van der Waals surface area contributed by atoms with Crippen LogP contribution in [0.4, 0.5) is 4.79 Å². The van der Waals surface area contributed by atoms with Gasteiger partial charge in [-0.25, -0.2) is 14.6 Å². The number of amides is 1. The lowest BCUT2D eigenvalue weighted by molar-refractivity contribution is -0.154. The van der Waals surface area contributed by atoms with Crippen LogP contribution in [-0.2, 0) is 26.5 Å². The van der Waals surface area contributed by atoms with E-state index in [1.807, 2.05) is 36.4 Å². The van der Waals surface area contributed by atoms with Gasteiger partial charge in [-0.1, -0.05) is 36.4 Å². The van der Waals surface area contributed by atoms with Crippen molar-refractivity contribution in [3.63, 3.8) is 0 Å². The highest BCUT2D eigenvalue weighted by Gasteiger charge is 2.41. The zero-order valence-corrected chi connectivity index (χ0v) is 16.8. The van der Waals surface area contributed by atoms with Crippen molar-refractivity contribution in [3.8, 4) is 0 Å². The molecule has 0 bridgehead atoms. The summed E-state index contributed by atoms with van der Waals surface area (Å²) in [4.78, 5) is 29.3.